The average Bonchev–Trinajstić information content (AvgIpc) is 2.79. The van der Waals surface area contributed by atoms with Crippen molar-refractivity contribution in [3.05, 3.63) is 35.9 Å². The zero-order valence-electron chi connectivity index (χ0n) is 18.2. The van der Waals surface area contributed by atoms with Crippen LogP contribution in [-0.4, -0.2) is 74.6 Å². The summed E-state index contributed by atoms with van der Waals surface area (Å²) in [5.41, 5.74) is 0.510. The molecule has 2 aromatic rings. The van der Waals surface area contributed by atoms with Crippen molar-refractivity contribution < 1.29 is 19.0 Å². The van der Waals surface area contributed by atoms with E-state index in [1.54, 1.807) is 31.4 Å². The summed E-state index contributed by atoms with van der Waals surface area (Å²) in [4.78, 5) is 26.6. The van der Waals surface area contributed by atoms with Crippen LogP contribution in [0.1, 0.15) is 24.2 Å². The number of aromatic nitrogens is 2. The van der Waals surface area contributed by atoms with Gasteiger partial charge in [0.1, 0.15) is 17.4 Å². The van der Waals surface area contributed by atoms with Gasteiger partial charge >= 0.3 is 0 Å². The average molecular weight is 428 g/mol. The van der Waals surface area contributed by atoms with Gasteiger partial charge in [-0.1, -0.05) is 0 Å². The Kier molecular flexibility index (Phi) is 6.53. The smallest absolute Gasteiger partial charge is 0.258 e. The van der Waals surface area contributed by atoms with Gasteiger partial charge in [0.25, 0.3) is 5.91 Å². The molecule has 2 fully saturated rings. The molecule has 0 saturated carbocycles. The molecule has 4 rings (SSSR count). The van der Waals surface area contributed by atoms with E-state index in [0.717, 1.165) is 24.7 Å². The van der Waals surface area contributed by atoms with Gasteiger partial charge in [0.15, 0.2) is 0 Å². The number of rotatable bonds is 5. The van der Waals surface area contributed by atoms with Gasteiger partial charge in [-0.05, 0) is 38.1 Å². The highest BCUT2D eigenvalue weighted by molar-refractivity contribution is 6.03. The Labute approximate surface area is 182 Å². The molecule has 1 amide bonds. The Morgan fingerprint density at radius 3 is 2.03 bits per heavy atom. The van der Waals surface area contributed by atoms with Crippen LogP contribution in [-0.2, 0) is 9.47 Å². The minimum absolute atomic E-state index is 0.184. The van der Waals surface area contributed by atoms with Crippen LogP contribution in [0.3, 0.4) is 0 Å². The Balaban J connectivity index is 1.64. The normalized spacial score (nSPS) is 21.6. The number of anilines is 3. The van der Waals surface area contributed by atoms with Crippen LogP contribution in [0, 0.1) is 0 Å². The van der Waals surface area contributed by atoms with Gasteiger partial charge < -0.3 is 24.0 Å². The second kappa shape index (κ2) is 9.49. The van der Waals surface area contributed by atoms with Crippen molar-refractivity contribution in [1.82, 2.24) is 9.97 Å². The molecule has 9 heteroatoms. The van der Waals surface area contributed by atoms with Crippen LogP contribution in [0.2, 0.25) is 0 Å². The lowest BCUT2D eigenvalue weighted by Crippen LogP contribution is -2.46. The van der Waals surface area contributed by atoms with E-state index < -0.39 is 0 Å². The van der Waals surface area contributed by atoms with Crippen LogP contribution < -0.4 is 19.9 Å². The maximum atomic E-state index is 12.8. The summed E-state index contributed by atoms with van der Waals surface area (Å²) < 4.78 is 16.3. The topological polar surface area (TPSA) is 89.0 Å². The van der Waals surface area contributed by atoms with Crippen LogP contribution in [0.5, 0.6) is 5.75 Å². The molecule has 0 radical (unpaired) electrons. The Morgan fingerprint density at radius 1 is 1.00 bits per heavy atom. The summed E-state index contributed by atoms with van der Waals surface area (Å²) >= 11 is 0. The summed E-state index contributed by atoms with van der Waals surface area (Å²) in [5.74, 6) is 2.27. The van der Waals surface area contributed by atoms with Gasteiger partial charge in [-0.15, -0.1) is 0 Å². The third-order valence-electron chi connectivity index (χ3n) is 5.60. The predicted molar refractivity (Wildman–Crippen MR) is 118 cm³/mol. The molecule has 0 unspecified atom stereocenters. The molecule has 2 aliphatic rings. The molecule has 0 bridgehead atoms. The molecule has 0 aliphatic carbocycles. The monoisotopic (exact) mass is 427 g/mol. The SMILES string of the molecule is COc1ccc(C(=O)Nc2nc(N3CCOC[C@@H]3C)cc(N3CCOC[C@@H]3C)n2)cc1. The standard InChI is InChI=1S/C22H29N5O4/c1-15-13-30-10-8-26(15)19-12-20(27-9-11-31-14-16(27)2)24-22(23-19)25-21(28)17-4-6-18(29-3)7-5-17/h4-7,12,15-16H,8-11,13-14H2,1-3H3,(H,23,24,25,28)/t15-,16-/m0/s1. The molecule has 1 aromatic heterocycles. The molecule has 1 aromatic carbocycles. The third-order valence-corrected chi connectivity index (χ3v) is 5.60. The third kappa shape index (κ3) is 4.88. The second-order valence-corrected chi connectivity index (χ2v) is 7.83. The number of benzene rings is 1. The van der Waals surface area contributed by atoms with E-state index in [1.807, 2.05) is 6.07 Å². The maximum Gasteiger partial charge on any atom is 0.258 e. The van der Waals surface area contributed by atoms with Crippen molar-refractivity contribution in [1.29, 1.82) is 0 Å². The Bertz CT molecular complexity index is 867. The van der Waals surface area contributed by atoms with Gasteiger partial charge in [-0.3, -0.25) is 10.1 Å². The van der Waals surface area contributed by atoms with Gasteiger partial charge in [-0.25, -0.2) is 0 Å². The van der Waals surface area contributed by atoms with Gasteiger partial charge in [-0.2, -0.15) is 9.97 Å². The molecule has 1 N–H and O–H groups in total. The molecule has 9 nitrogen and oxygen atoms in total. The van der Waals surface area contributed by atoms with E-state index >= 15 is 0 Å². The highest BCUT2D eigenvalue weighted by Gasteiger charge is 2.26. The summed E-state index contributed by atoms with van der Waals surface area (Å²) in [5, 5.41) is 2.87. The van der Waals surface area contributed by atoms with Crippen molar-refractivity contribution in [2.45, 2.75) is 25.9 Å². The molecule has 3 heterocycles. The van der Waals surface area contributed by atoms with Crippen molar-refractivity contribution >= 4 is 23.5 Å². The van der Waals surface area contributed by atoms with Crippen molar-refractivity contribution in [2.24, 2.45) is 0 Å². The fraction of sp³-hybridized carbons (Fsp3) is 0.500. The minimum Gasteiger partial charge on any atom is -0.497 e. The number of morpholine rings is 2. The van der Waals surface area contributed by atoms with E-state index in [1.165, 1.54) is 0 Å². The van der Waals surface area contributed by atoms with E-state index in [2.05, 4.69) is 38.9 Å². The van der Waals surface area contributed by atoms with Gasteiger partial charge in [0.05, 0.1) is 45.6 Å². The Morgan fingerprint density at radius 2 is 1.55 bits per heavy atom. The number of ether oxygens (including phenoxy) is 3. The summed E-state index contributed by atoms with van der Waals surface area (Å²) in [6, 6.07) is 9.30. The number of carbonyl (C=O) groups excluding carboxylic acids is 1. The largest absolute Gasteiger partial charge is 0.497 e. The van der Waals surface area contributed by atoms with Crippen LogP contribution in [0.25, 0.3) is 0 Å². The van der Waals surface area contributed by atoms with E-state index in [9.17, 15) is 4.79 Å². The summed E-state index contributed by atoms with van der Waals surface area (Å²) in [6.07, 6.45) is 0. The molecular formula is C22H29N5O4. The molecule has 166 valence electrons. The quantitative estimate of drug-likeness (QED) is 0.777. The Hall–Kier alpha value is -2.91. The second-order valence-electron chi connectivity index (χ2n) is 7.83. The van der Waals surface area contributed by atoms with E-state index in [-0.39, 0.29) is 23.9 Å². The first-order valence-corrected chi connectivity index (χ1v) is 10.6. The molecule has 0 spiro atoms. The number of hydrogen-bond donors (Lipinski definition) is 1. The minimum atomic E-state index is -0.268. The van der Waals surface area contributed by atoms with Crippen LogP contribution >= 0.6 is 0 Å². The maximum absolute atomic E-state index is 12.8. The molecule has 2 aliphatic heterocycles. The lowest BCUT2D eigenvalue weighted by molar-refractivity contribution is 0.0977. The summed E-state index contributed by atoms with van der Waals surface area (Å²) in [6.45, 7) is 8.25. The van der Waals surface area contributed by atoms with Crippen LogP contribution in [0.15, 0.2) is 30.3 Å². The number of carbonyl (C=O) groups is 1. The first-order valence-electron chi connectivity index (χ1n) is 10.6. The number of hydrogen-bond acceptors (Lipinski definition) is 8. The molecule has 2 atom stereocenters. The lowest BCUT2D eigenvalue weighted by atomic mass is 10.2. The highest BCUT2D eigenvalue weighted by Crippen LogP contribution is 2.26. The molecule has 31 heavy (non-hydrogen) atoms. The lowest BCUT2D eigenvalue weighted by Gasteiger charge is -2.37. The van der Waals surface area contributed by atoms with Crippen molar-refractivity contribution in [3.63, 3.8) is 0 Å². The first kappa shape index (κ1) is 21.3. The highest BCUT2D eigenvalue weighted by atomic mass is 16.5. The van der Waals surface area contributed by atoms with Gasteiger partial charge in [0.2, 0.25) is 5.95 Å². The van der Waals surface area contributed by atoms with Crippen LogP contribution in [0.4, 0.5) is 17.6 Å². The fourth-order valence-corrected chi connectivity index (χ4v) is 3.82. The number of methoxy groups -OCH3 is 1. The van der Waals surface area contributed by atoms with E-state index in [0.29, 0.717) is 37.7 Å². The van der Waals surface area contributed by atoms with Crippen molar-refractivity contribution in [3.8, 4) is 5.75 Å². The summed E-state index contributed by atoms with van der Waals surface area (Å²) in [7, 11) is 1.59. The molecule has 2 saturated heterocycles. The number of nitrogens with zero attached hydrogens (tertiary/aromatic N) is 4. The first-order chi connectivity index (χ1) is 15.0. The zero-order valence-corrected chi connectivity index (χ0v) is 18.2. The number of amides is 1. The van der Waals surface area contributed by atoms with Gasteiger partial charge in [0, 0.05) is 24.7 Å². The fourth-order valence-electron chi connectivity index (χ4n) is 3.82. The van der Waals surface area contributed by atoms with E-state index in [4.69, 9.17) is 14.2 Å². The molecular weight excluding hydrogens is 398 g/mol. The predicted octanol–water partition coefficient (Wildman–Crippen LogP) is 2.19. The zero-order chi connectivity index (χ0) is 21.8. The van der Waals surface area contributed by atoms with Crippen molar-refractivity contribution in [2.75, 3.05) is 61.7 Å². The number of nitrogens with one attached hydrogen (secondary N) is 1.